The lowest BCUT2D eigenvalue weighted by molar-refractivity contribution is -0.141. The molecule has 0 aliphatic rings. The van der Waals surface area contributed by atoms with Crippen LogP contribution in [-0.2, 0) is 20.7 Å². The van der Waals surface area contributed by atoms with E-state index in [0.29, 0.717) is 25.0 Å². The van der Waals surface area contributed by atoms with Gasteiger partial charge < -0.3 is 10.1 Å². The van der Waals surface area contributed by atoms with Gasteiger partial charge in [0.05, 0.1) is 6.61 Å². The summed E-state index contributed by atoms with van der Waals surface area (Å²) in [5.41, 5.74) is 1.31. The number of halogens is 1. The van der Waals surface area contributed by atoms with Crippen molar-refractivity contribution in [2.75, 3.05) is 13.2 Å². The Hall–Kier alpha value is -2.17. The van der Waals surface area contributed by atoms with Crippen LogP contribution in [-0.4, -0.2) is 25.0 Å². The molecule has 0 heterocycles. The average molecular weight is 279 g/mol. The van der Waals surface area contributed by atoms with Gasteiger partial charge in [0.2, 0.25) is 5.91 Å². The number of nitrogens with one attached hydrogen (secondary N) is 1. The zero-order valence-corrected chi connectivity index (χ0v) is 11.4. The fourth-order valence-electron chi connectivity index (χ4n) is 1.53. The van der Waals surface area contributed by atoms with E-state index >= 15 is 0 Å². The largest absolute Gasteiger partial charge is 0.466 e. The lowest BCUT2D eigenvalue weighted by atomic mass is 10.1. The first kappa shape index (κ1) is 15.9. The minimum absolute atomic E-state index is 0.152. The third kappa shape index (κ3) is 6.13. The maximum absolute atomic E-state index is 12.7. The first-order chi connectivity index (χ1) is 9.49. The molecule has 0 radical (unpaired) electrons. The smallest absolute Gasteiger partial charge is 0.302 e. The molecule has 0 fully saturated rings. The van der Waals surface area contributed by atoms with Crippen molar-refractivity contribution in [2.45, 2.75) is 19.8 Å². The quantitative estimate of drug-likeness (QED) is 0.613. The summed E-state index contributed by atoms with van der Waals surface area (Å²) >= 11 is 0. The monoisotopic (exact) mass is 279 g/mol. The van der Waals surface area contributed by atoms with Crippen molar-refractivity contribution in [3.05, 3.63) is 47.8 Å². The van der Waals surface area contributed by atoms with E-state index in [1.165, 1.54) is 19.1 Å². The molecule has 1 rings (SSSR count). The lowest BCUT2D eigenvalue weighted by Crippen LogP contribution is -2.27. The Morgan fingerprint density at radius 3 is 2.55 bits per heavy atom. The highest BCUT2D eigenvalue weighted by Crippen LogP contribution is 2.03. The van der Waals surface area contributed by atoms with E-state index in [0.717, 1.165) is 5.56 Å². The predicted molar refractivity (Wildman–Crippen MR) is 73.5 cm³/mol. The van der Waals surface area contributed by atoms with Gasteiger partial charge >= 0.3 is 5.97 Å². The van der Waals surface area contributed by atoms with E-state index in [2.05, 4.69) is 11.9 Å². The molecule has 4 nitrogen and oxygen atoms in total. The molecule has 0 bridgehead atoms. The van der Waals surface area contributed by atoms with Crippen molar-refractivity contribution < 1.29 is 18.7 Å². The Labute approximate surface area is 117 Å². The Morgan fingerprint density at radius 2 is 1.95 bits per heavy atom. The summed E-state index contributed by atoms with van der Waals surface area (Å²) < 4.78 is 17.4. The minimum Gasteiger partial charge on any atom is -0.466 e. The Morgan fingerprint density at radius 1 is 1.30 bits per heavy atom. The van der Waals surface area contributed by atoms with Crippen molar-refractivity contribution in [1.29, 1.82) is 0 Å². The zero-order valence-electron chi connectivity index (χ0n) is 11.4. The van der Waals surface area contributed by atoms with Crippen molar-refractivity contribution >= 4 is 11.9 Å². The molecule has 0 aliphatic carbocycles. The lowest BCUT2D eigenvalue weighted by Gasteiger charge is -2.08. The van der Waals surface area contributed by atoms with E-state index in [-0.39, 0.29) is 24.3 Å². The van der Waals surface area contributed by atoms with Gasteiger partial charge in [-0.05, 0) is 24.1 Å². The van der Waals surface area contributed by atoms with Crippen molar-refractivity contribution in [3.8, 4) is 0 Å². The average Bonchev–Trinajstić information content (AvgIpc) is 2.40. The highest BCUT2D eigenvalue weighted by atomic mass is 19.1. The van der Waals surface area contributed by atoms with E-state index in [1.54, 1.807) is 12.1 Å². The molecule has 0 spiro atoms. The van der Waals surface area contributed by atoms with E-state index in [1.807, 2.05) is 0 Å². The van der Waals surface area contributed by atoms with Crippen LogP contribution in [0.3, 0.4) is 0 Å². The van der Waals surface area contributed by atoms with Crippen LogP contribution in [0.2, 0.25) is 0 Å². The van der Waals surface area contributed by atoms with Crippen molar-refractivity contribution in [2.24, 2.45) is 0 Å². The summed E-state index contributed by atoms with van der Waals surface area (Å²) in [6, 6.07) is 6.12. The Kier molecular flexibility index (Phi) is 6.43. The maximum Gasteiger partial charge on any atom is 0.302 e. The number of amides is 1. The maximum atomic E-state index is 12.7. The van der Waals surface area contributed by atoms with Crippen LogP contribution in [0.4, 0.5) is 4.39 Å². The number of carbonyl (C=O) groups excluding carboxylic acids is 2. The molecule has 0 unspecified atom stereocenters. The van der Waals surface area contributed by atoms with Gasteiger partial charge in [-0.25, -0.2) is 4.39 Å². The number of esters is 1. The molecule has 20 heavy (non-hydrogen) atoms. The number of benzene rings is 1. The second-order valence-corrected chi connectivity index (χ2v) is 4.33. The first-order valence-electron chi connectivity index (χ1n) is 6.33. The van der Waals surface area contributed by atoms with Crippen LogP contribution in [0.15, 0.2) is 36.4 Å². The Balaban J connectivity index is 2.23. The molecular formula is C15H18FNO3. The molecule has 1 amide bonds. The molecule has 0 atom stereocenters. The van der Waals surface area contributed by atoms with E-state index < -0.39 is 0 Å². The number of hydrogen-bond acceptors (Lipinski definition) is 3. The number of carbonyl (C=O) groups is 2. The van der Waals surface area contributed by atoms with Gasteiger partial charge in [-0.2, -0.15) is 0 Å². The second kappa shape index (κ2) is 8.09. The zero-order chi connectivity index (χ0) is 15.0. The molecule has 0 aliphatic heterocycles. The molecule has 0 saturated carbocycles. The number of rotatable bonds is 7. The highest BCUT2D eigenvalue weighted by molar-refractivity contribution is 5.92. The summed E-state index contributed by atoms with van der Waals surface area (Å²) in [5, 5.41) is 2.71. The SMILES string of the molecule is C=C(CCOC(C)=O)C(=O)NCCc1ccc(F)cc1. The topological polar surface area (TPSA) is 55.4 Å². The third-order valence-electron chi connectivity index (χ3n) is 2.64. The van der Waals surface area contributed by atoms with Crippen LogP contribution in [0, 0.1) is 5.82 Å². The van der Waals surface area contributed by atoms with Gasteiger partial charge in [0.15, 0.2) is 0 Å². The third-order valence-corrected chi connectivity index (χ3v) is 2.64. The van der Waals surface area contributed by atoms with Gasteiger partial charge in [-0.15, -0.1) is 0 Å². The fraction of sp³-hybridized carbons (Fsp3) is 0.333. The van der Waals surface area contributed by atoms with Crippen LogP contribution in [0.25, 0.3) is 0 Å². The van der Waals surface area contributed by atoms with Gasteiger partial charge in [0.1, 0.15) is 5.82 Å². The molecule has 0 aromatic heterocycles. The fourth-order valence-corrected chi connectivity index (χ4v) is 1.53. The summed E-state index contributed by atoms with van der Waals surface area (Å²) in [6.07, 6.45) is 0.922. The van der Waals surface area contributed by atoms with Crippen LogP contribution < -0.4 is 5.32 Å². The van der Waals surface area contributed by atoms with Crippen LogP contribution >= 0.6 is 0 Å². The standard InChI is InChI=1S/C15H18FNO3/c1-11(8-10-20-12(2)18)15(19)17-9-7-13-3-5-14(16)6-4-13/h3-6H,1,7-10H2,2H3,(H,17,19). The van der Waals surface area contributed by atoms with Crippen LogP contribution in [0.5, 0.6) is 0 Å². The molecule has 0 saturated heterocycles. The molecule has 1 aromatic carbocycles. The minimum atomic E-state index is -0.380. The number of ether oxygens (including phenoxy) is 1. The summed E-state index contributed by atoms with van der Waals surface area (Å²) in [7, 11) is 0. The Bertz CT molecular complexity index is 482. The summed E-state index contributed by atoms with van der Waals surface area (Å²) in [4.78, 5) is 22.2. The van der Waals surface area contributed by atoms with Crippen molar-refractivity contribution in [1.82, 2.24) is 5.32 Å². The molecule has 108 valence electrons. The summed E-state index contributed by atoms with van der Waals surface area (Å²) in [6.45, 7) is 5.54. The van der Waals surface area contributed by atoms with Gasteiger partial charge in [-0.1, -0.05) is 18.7 Å². The van der Waals surface area contributed by atoms with Crippen LogP contribution in [0.1, 0.15) is 18.9 Å². The number of hydrogen-bond donors (Lipinski definition) is 1. The molecule has 1 N–H and O–H groups in total. The van der Waals surface area contributed by atoms with E-state index in [4.69, 9.17) is 4.74 Å². The molecule has 5 heteroatoms. The second-order valence-electron chi connectivity index (χ2n) is 4.33. The van der Waals surface area contributed by atoms with E-state index in [9.17, 15) is 14.0 Å². The van der Waals surface area contributed by atoms with Crippen molar-refractivity contribution in [3.63, 3.8) is 0 Å². The first-order valence-corrected chi connectivity index (χ1v) is 6.33. The molecular weight excluding hydrogens is 261 g/mol. The molecule has 1 aromatic rings. The summed E-state index contributed by atoms with van der Waals surface area (Å²) in [5.74, 6) is -0.926. The highest BCUT2D eigenvalue weighted by Gasteiger charge is 2.07. The predicted octanol–water partition coefficient (Wildman–Crippen LogP) is 1.99. The normalized spacial score (nSPS) is 9.90. The van der Waals surface area contributed by atoms with Gasteiger partial charge in [0, 0.05) is 25.5 Å². The van der Waals surface area contributed by atoms with Gasteiger partial charge in [0.25, 0.3) is 0 Å². The van der Waals surface area contributed by atoms with Gasteiger partial charge in [-0.3, -0.25) is 9.59 Å².